The molecule has 108 valence electrons. The maximum absolute atomic E-state index is 12.1. The van der Waals surface area contributed by atoms with E-state index >= 15 is 0 Å². The topological polar surface area (TPSA) is 81.4 Å². The number of ether oxygens (including phenoxy) is 1. The zero-order valence-electron chi connectivity index (χ0n) is 11.8. The molecular formula is C13H22N2O3S. The van der Waals surface area contributed by atoms with Gasteiger partial charge in [0.05, 0.1) is 12.0 Å². The van der Waals surface area contributed by atoms with Crippen LogP contribution in [0.5, 0.6) is 5.75 Å². The lowest BCUT2D eigenvalue weighted by Gasteiger charge is -2.16. The van der Waals surface area contributed by atoms with Crippen molar-refractivity contribution in [3.8, 4) is 5.75 Å². The summed E-state index contributed by atoms with van der Waals surface area (Å²) in [5.41, 5.74) is 6.61. The molecule has 1 aromatic carbocycles. The fourth-order valence-corrected chi connectivity index (χ4v) is 2.70. The lowest BCUT2D eigenvalue weighted by atomic mass is 10.1. The Morgan fingerprint density at radius 3 is 2.47 bits per heavy atom. The van der Waals surface area contributed by atoms with Crippen LogP contribution in [0.1, 0.15) is 19.4 Å². The summed E-state index contributed by atoms with van der Waals surface area (Å²) in [5.74, 6) is 0.887. The van der Waals surface area contributed by atoms with Gasteiger partial charge in [0.1, 0.15) is 5.75 Å². The summed E-state index contributed by atoms with van der Waals surface area (Å²) in [6.07, 6.45) is 0. The van der Waals surface area contributed by atoms with Crippen molar-refractivity contribution >= 4 is 10.0 Å². The molecular weight excluding hydrogens is 264 g/mol. The van der Waals surface area contributed by atoms with E-state index in [-0.39, 0.29) is 23.4 Å². The summed E-state index contributed by atoms with van der Waals surface area (Å²) in [5, 5.41) is 0. The molecule has 1 atom stereocenters. The molecule has 0 heterocycles. The van der Waals surface area contributed by atoms with Crippen molar-refractivity contribution in [1.29, 1.82) is 0 Å². The van der Waals surface area contributed by atoms with Gasteiger partial charge < -0.3 is 10.5 Å². The fourth-order valence-electron chi connectivity index (χ4n) is 1.54. The number of methoxy groups -OCH3 is 1. The molecule has 0 bridgehead atoms. The maximum Gasteiger partial charge on any atom is 0.240 e. The van der Waals surface area contributed by atoms with Crippen molar-refractivity contribution in [3.63, 3.8) is 0 Å². The Bertz CT molecular complexity index is 527. The van der Waals surface area contributed by atoms with Crippen molar-refractivity contribution in [2.75, 3.05) is 13.7 Å². The zero-order valence-corrected chi connectivity index (χ0v) is 12.6. The molecule has 0 saturated heterocycles. The molecule has 6 heteroatoms. The molecule has 1 unspecified atom stereocenters. The van der Waals surface area contributed by atoms with Gasteiger partial charge >= 0.3 is 0 Å². The van der Waals surface area contributed by atoms with E-state index in [1.807, 2.05) is 13.8 Å². The lowest BCUT2D eigenvalue weighted by Crippen LogP contribution is -2.40. The number of hydrogen-bond acceptors (Lipinski definition) is 4. The van der Waals surface area contributed by atoms with Crippen LogP contribution in [-0.2, 0) is 10.0 Å². The van der Waals surface area contributed by atoms with Crippen LogP contribution in [0.25, 0.3) is 0 Å². The largest absolute Gasteiger partial charge is 0.496 e. The molecule has 0 aliphatic rings. The third kappa shape index (κ3) is 4.19. The lowest BCUT2D eigenvalue weighted by molar-refractivity contribution is 0.411. The fraction of sp³-hybridized carbons (Fsp3) is 0.538. The second-order valence-electron chi connectivity index (χ2n) is 4.89. The van der Waals surface area contributed by atoms with Crippen LogP contribution in [0, 0.1) is 12.8 Å². The first kappa shape index (κ1) is 15.9. The highest BCUT2D eigenvalue weighted by Crippen LogP contribution is 2.21. The quantitative estimate of drug-likeness (QED) is 0.825. The van der Waals surface area contributed by atoms with Crippen LogP contribution in [0.15, 0.2) is 23.1 Å². The van der Waals surface area contributed by atoms with Gasteiger partial charge in [0.15, 0.2) is 0 Å². The number of nitrogens with one attached hydrogen (secondary N) is 1. The molecule has 1 aromatic rings. The van der Waals surface area contributed by atoms with Crippen molar-refractivity contribution in [1.82, 2.24) is 4.72 Å². The highest BCUT2D eigenvalue weighted by molar-refractivity contribution is 7.89. The molecule has 0 aliphatic heterocycles. The molecule has 3 N–H and O–H groups in total. The third-order valence-corrected chi connectivity index (χ3v) is 4.46. The van der Waals surface area contributed by atoms with E-state index < -0.39 is 10.0 Å². The Morgan fingerprint density at radius 2 is 2.00 bits per heavy atom. The number of aryl methyl sites for hydroxylation is 1. The van der Waals surface area contributed by atoms with Gasteiger partial charge in [-0.2, -0.15) is 0 Å². The maximum atomic E-state index is 12.1. The van der Waals surface area contributed by atoms with Crippen molar-refractivity contribution in [2.24, 2.45) is 11.7 Å². The van der Waals surface area contributed by atoms with Gasteiger partial charge in [0.2, 0.25) is 10.0 Å². The minimum Gasteiger partial charge on any atom is -0.496 e. The molecule has 5 nitrogen and oxygen atoms in total. The second kappa shape index (κ2) is 6.36. The Labute approximate surface area is 115 Å². The average Bonchev–Trinajstić information content (AvgIpc) is 2.35. The van der Waals surface area contributed by atoms with Crippen LogP contribution in [0.3, 0.4) is 0 Å². The first-order valence-corrected chi connectivity index (χ1v) is 7.66. The Morgan fingerprint density at radius 1 is 1.37 bits per heavy atom. The molecule has 0 saturated carbocycles. The number of rotatable bonds is 6. The molecule has 0 aromatic heterocycles. The van der Waals surface area contributed by atoms with Crippen LogP contribution in [0.2, 0.25) is 0 Å². The Hall–Kier alpha value is -1.11. The van der Waals surface area contributed by atoms with E-state index in [2.05, 4.69) is 4.72 Å². The minimum absolute atomic E-state index is 0.200. The van der Waals surface area contributed by atoms with Gasteiger partial charge in [-0.05, 0) is 36.6 Å². The van der Waals surface area contributed by atoms with E-state index in [0.29, 0.717) is 5.75 Å². The standard InChI is InChI=1S/C13H22N2O3S/c1-9(2)12(14)8-15-19(16,17)11-5-6-13(18-4)10(3)7-11/h5-7,9,12,15H,8,14H2,1-4H3. The molecule has 1 rings (SSSR count). The van der Waals surface area contributed by atoms with E-state index in [4.69, 9.17) is 10.5 Å². The van der Waals surface area contributed by atoms with Crippen molar-refractivity contribution in [3.05, 3.63) is 23.8 Å². The zero-order chi connectivity index (χ0) is 14.6. The molecule has 0 spiro atoms. The molecule has 19 heavy (non-hydrogen) atoms. The SMILES string of the molecule is COc1ccc(S(=O)(=O)NCC(N)C(C)C)cc1C. The third-order valence-electron chi connectivity index (χ3n) is 3.04. The highest BCUT2D eigenvalue weighted by atomic mass is 32.2. The summed E-state index contributed by atoms with van der Waals surface area (Å²) < 4.78 is 31.8. The van der Waals surface area contributed by atoms with Crippen molar-refractivity contribution < 1.29 is 13.2 Å². The van der Waals surface area contributed by atoms with E-state index in [1.165, 1.54) is 6.07 Å². The first-order chi connectivity index (χ1) is 8.77. The predicted molar refractivity (Wildman–Crippen MR) is 75.7 cm³/mol. The highest BCUT2D eigenvalue weighted by Gasteiger charge is 2.17. The Balaban J connectivity index is 2.86. The van der Waals surface area contributed by atoms with Crippen LogP contribution in [-0.4, -0.2) is 28.1 Å². The summed E-state index contributed by atoms with van der Waals surface area (Å²) in [4.78, 5) is 0.224. The summed E-state index contributed by atoms with van der Waals surface area (Å²) >= 11 is 0. The van der Waals surface area contributed by atoms with Crippen LogP contribution in [0.4, 0.5) is 0 Å². The number of benzene rings is 1. The number of hydrogen-bond donors (Lipinski definition) is 2. The van der Waals surface area contributed by atoms with Crippen LogP contribution < -0.4 is 15.2 Å². The monoisotopic (exact) mass is 286 g/mol. The second-order valence-corrected chi connectivity index (χ2v) is 6.66. The van der Waals surface area contributed by atoms with Gasteiger partial charge in [-0.15, -0.1) is 0 Å². The molecule has 0 fully saturated rings. The van der Waals surface area contributed by atoms with Gasteiger partial charge in [0, 0.05) is 12.6 Å². The first-order valence-electron chi connectivity index (χ1n) is 6.18. The van der Waals surface area contributed by atoms with Crippen LogP contribution >= 0.6 is 0 Å². The smallest absolute Gasteiger partial charge is 0.240 e. The summed E-state index contributed by atoms with van der Waals surface area (Å²) in [6, 6.07) is 4.55. The van der Waals surface area contributed by atoms with Gasteiger partial charge in [-0.1, -0.05) is 13.8 Å². The average molecular weight is 286 g/mol. The van der Waals surface area contributed by atoms with Crippen molar-refractivity contribution in [2.45, 2.75) is 31.7 Å². The number of nitrogens with two attached hydrogens (primary N) is 1. The molecule has 0 amide bonds. The summed E-state index contributed by atoms with van der Waals surface area (Å²) in [7, 11) is -1.97. The number of sulfonamides is 1. The Kier molecular flexibility index (Phi) is 5.34. The normalized spacial score (nSPS) is 13.6. The molecule has 0 aliphatic carbocycles. The minimum atomic E-state index is -3.52. The van der Waals surface area contributed by atoms with E-state index in [0.717, 1.165) is 5.56 Å². The molecule has 0 radical (unpaired) electrons. The summed E-state index contributed by atoms with van der Waals surface area (Å²) in [6.45, 7) is 5.94. The van der Waals surface area contributed by atoms with Gasteiger partial charge in [0.25, 0.3) is 0 Å². The van der Waals surface area contributed by atoms with E-state index in [1.54, 1.807) is 26.2 Å². The predicted octanol–water partition coefficient (Wildman–Crippen LogP) is 1.27. The van der Waals surface area contributed by atoms with E-state index in [9.17, 15) is 8.42 Å². The van der Waals surface area contributed by atoms with Gasteiger partial charge in [-0.25, -0.2) is 13.1 Å². The van der Waals surface area contributed by atoms with Gasteiger partial charge in [-0.3, -0.25) is 0 Å².